The van der Waals surface area contributed by atoms with Crippen LogP contribution in [0, 0.1) is 17.8 Å². The van der Waals surface area contributed by atoms with Crippen LogP contribution < -0.4 is 5.73 Å². The lowest BCUT2D eigenvalue weighted by Gasteiger charge is -2.34. The number of hydrogen-bond donors (Lipinski definition) is 2. The molecule has 1 aliphatic heterocycles. The average molecular weight is 242 g/mol. The number of amides is 1. The minimum absolute atomic E-state index is 0.00782. The molecule has 1 amide bonds. The Bertz CT molecular complexity index is 291. The Hall–Kier alpha value is -1.10. The zero-order valence-electron chi connectivity index (χ0n) is 10.6. The molecule has 5 heteroatoms. The fraction of sp³-hybridized carbons (Fsp3) is 0.833. The zero-order valence-corrected chi connectivity index (χ0v) is 10.6. The number of likely N-dealkylation sites (tertiary alicyclic amines) is 1. The number of aliphatic carboxylic acids is 1. The lowest BCUT2D eigenvalue weighted by Crippen LogP contribution is -2.47. The molecule has 0 aromatic carbocycles. The van der Waals surface area contributed by atoms with Gasteiger partial charge in [-0.3, -0.25) is 9.59 Å². The molecule has 98 valence electrons. The summed E-state index contributed by atoms with van der Waals surface area (Å²) in [4.78, 5) is 24.8. The Morgan fingerprint density at radius 2 is 2.12 bits per heavy atom. The number of piperidine rings is 1. The van der Waals surface area contributed by atoms with E-state index in [2.05, 4.69) is 0 Å². The number of nitrogens with zero attached hydrogens (tertiary/aromatic N) is 1. The molecule has 1 saturated heterocycles. The number of nitrogens with two attached hydrogens (primary N) is 1. The van der Waals surface area contributed by atoms with Crippen LogP contribution in [0.25, 0.3) is 0 Å². The van der Waals surface area contributed by atoms with Gasteiger partial charge < -0.3 is 15.7 Å². The lowest BCUT2D eigenvalue weighted by molar-refractivity contribution is -0.147. The van der Waals surface area contributed by atoms with Gasteiger partial charge in [0.1, 0.15) is 0 Å². The van der Waals surface area contributed by atoms with E-state index in [9.17, 15) is 9.59 Å². The quantitative estimate of drug-likeness (QED) is 0.753. The summed E-state index contributed by atoms with van der Waals surface area (Å²) in [6.07, 6.45) is 1.42. The molecule has 5 nitrogen and oxygen atoms in total. The van der Waals surface area contributed by atoms with E-state index in [0.29, 0.717) is 26.1 Å². The summed E-state index contributed by atoms with van der Waals surface area (Å²) < 4.78 is 0. The van der Waals surface area contributed by atoms with E-state index < -0.39 is 11.9 Å². The predicted molar refractivity (Wildman–Crippen MR) is 64.3 cm³/mol. The van der Waals surface area contributed by atoms with Crippen molar-refractivity contribution >= 4 is 11.9 Å². The standard InChI is InChI=1S/C12H22N2O3/c1-8(2)10(6-13)11(15)14-5-3-4-9(7-14)12(16)17/h8-10H,3-7,13H2,1-2H3,(H,16,17). The molecule has 17 heavy (non-hydrogen) atoms. The van der Waals surface area contributed by atoms with E-state index in [0.717, 1.165) is 6.42 Å². The maximum atomic E-state index is 12.2. The normalized spacial score (nSPS) is 22.6. The SMILES string of the molecule is CC(C)C(CN)C(=O)N1CCCC(C(=O)O)C1. The first-order valence-electron chi connectivity index (χ1n) is 6.19. The summed E-state index contributed by atoms with van der Waals surface area (Å²) in [5, 5.41) is 8.98. The van der Waals surface area contributed by atoms with Crippen molar-refractivity contribution in [3.8, 4) is 0 Å². The first kappa shape index (κ1) is 14.0. The van der Waals surface area contributed by atoms with Gasteiger partial charge in [0.25, 0.3) is 0 Å². The molecule has 0 bridgehead atoms. The highest BCUT2D eigenvalue weighted by Crippen LogP contribution is 2.20. The molecular formula is C12H22N2O3. The minimum atomic E-state index is -0.809. The van der Waals surface area contributed by atoms with Crippen LogP contribution in [0.1, 0.15) is 26.7 Å². The molecule has 2 unspecified atom stereocenters. The molecule has 1 heterocycles. The number of carbonyl (C=O) groups excluding carboxylic acids is 1. The number of carbonyl (C=O) groups is 2. The third-order valence-corrected chi connectivity index (χ3v) is 3.46. The van der Waals surface area contributed by atoms with Crippen LogP contribution in [-0.4, -0.2) is 41.5 Å². The van der Waals surface area contributed by atoms with Crippen molar-refractivity contribution in [3.63, 3.8) is 0 Å². The number of carboxylic acids is 1. The number of carboxylic acid groups (broad SMARTS) is 1. The van der Waals surface area contributed by atoms with Gasteiger partial charge in [0, 0.05) is 19.6 Å². The Balaban J connectivity index is 2.65. The summed E-state index contributed by atoms with van der Waals surface area (Å²) in [6.45, 7) is 5.25. The Kier molecular flexibility index (Phi) is 4.93. The van der Waals surface area contributed by atoms with Crippen LogP contribution in [0.2, 0.25) is 0 Å². The Morgan fingerprint density at radius 1 is 1.47 bits per heavy atom. The van der Waals surface area contributed by atoms with E-state index in [1.165, 1.54) is 0 Å². The highest BCUT2D eigenvalue weighted by atomic mass is 16.4. The topological polar surface area (TPSA) is 83.6 Å². The van der Waals surface area contributed by atoms with Gasteiger partial charge in [-0.2, -0.15) is 0 Å². The molecule has 1 rings (SSSR count). The van der Waals surface area contributed by atoms with Crippen molar-refractivity contribution in [2.24, 2.45) is 23.5 Å². The van der Waals surface area contributed by atoms with Crippen LogP contribution in [0.15, 0.2) is 0 Å². The maximum absolute atomic E-state index is 12.2. The predicted octanol–water partition coefficient (Wildman–Crippen LogP) is 0.541. The van der Waals surface area contributed by atoms with E-state index in [1.807, 2.05) is 13.8 Å². The molecule has 0 spiro atoms. The van der Waals surface area contributed by atoms with Gasteiger partial charge >= 0.3 is 5.97 Å². The van der Waals surface area contributed by atoms with E-state index in [4.69, 9.17) is 10.8 Å². The third kappa shape index (κ3) is 3.43. The van der Waals surface area contributed by atoms with Gasteiger partial charge in [-0.15, -0.1) is 0 Å². The second-order valence-corrected chi connectivity index (χ2v) is 5.05. The van der Waals surface area contributed by atoms with Crippen molar-refractivity contribution in [1.29, 1.82) is 0 Å². The van der Waals surface area contributed by atoms with Gasteiger partial charge in [0.15, 0.2) is 0 Å². The molecule has 0 aromatic rings. The van der Waals surface area contributed by atoms with Crippen molar-refractivity contribution in [2.45, 2.75) is 26.7 Å². The average Bonchev–Trinajstić information content (AvgIpc) is 2.29. The second kappa shape index (κ2) is 6.00. The molecule has 1 aliphatic rings. The molecule has 1 fully saturated rings. The monoisotopic (exact) mass is 242 g/mol. The second-order valence-electron chi connectivity index (χ2n) is 5.05. The van der Waals surface area contributed by atoms with Crippen molar-refractivity contribution < 1.29 is 14.7 Å². The van der Waals surface area contributed by atoms with Crippen molar-refractivity contribution in [3.05, 3.63) is 0 Å². The minimum Gasteiger partial charge on any atom is -0.481 e. The van der Waals surface area contributed by atoms with Crippen LogP contribution in [0.3, 0.4) is 0 Å². The number of hydrogen-bond acceptors (Lipinski definition) is 3. The Morgan fingerprint density at radius 3 is 2.59 bits per heavy atom. The van der Waals surface area contributed by atoms with Gasteiger partial charge in [0.2, 0.25) is 5.91 Å². The fourth-order valence-electron chi connectivity index (χ4n) is 2.27. The molecule has 2 atom stereocenters. The van der Waals surface area contributed by atoms with Crippen molar-refractivity contribution in [1.82, 2.24) is 4.90 Å². The van der Waals surface area contributed by atoms with Gasteiger partial charge in [0.05, 0.1) is 11.8 Å². The van der Waals surface area contributed by atoms with Crippen molar-refractivity contribution in [2.75, 3.05) is 19.6 Å². The van der Waals surface area contributed by atoms with Gasteiger partial charge in [-0.1, -0.05) is 13.8 Å². The Labute approximate surface area is 102 Å². The molecule has 0 saturated carbocycles. The smallest absolute Gasteiger partial charge is 0.308 e. The molecule has 0 aliphatic carbocycles. The summed E-state index contributed by atoms with van der Waals surface area (Å²) in [7, 11) is 0. The highest BCUT2D eigenvalue weighted by molar-refractivity contribution is 5.80. The van der Waals surface area contributed by atoms with E-state index in [-0.39, 0.29) is 17.7 Å². The van der Waals surface area contributed by atoms with Crippen LogP contribution in [0.4, 0.5) is 0 Å². The number of rotatable bonds is 4. The van der Waals surface area contributed by atoms with Gasteiger partial charge in [-0.05, 0) is 18.8 Å². The summed E-state index contributed by atoms with van der Waals surface area (Å²) >= 11 is 0. The lowest BCUT2D eigenvalue weighted by atomic mass is 9.91. The first-order valence-corrected chi connectivity index (χ1v) is 6.19. The maximum Gasteiger partial charge on any atom is 0.308 e. The molecule has 0 radical (unpaired) electrons. The highest BCUT2D eigenvalue weighted by Gasteiger charge is 2.32. The van der Waals surface area contributed by atoms with E-state index in [1.54, 1.807) is 4.90 Å². The first-order chi connectivity index (χ1) is 7.97. The molecule has 3 N–H and O–H groups in total. The third-order valence-electron chi connectivity index (χ3n) is 3.46. The van der Waals surface area contributed by atoms with Crippen LogP contribution in [0.5, 0.6) is 0 Å². The van der Waals surface area contributed by atoms with E-state index >= 15 is 0 Å². The largest absolute Gasteiger partial charge is 0.481 e. The van der Waals surface area contributed by atoms with Gasteiger partial charge in [-0.25, -0.2) is 0 Å². The summed E-state index contributed by atoms with van der Waals surface area (Å²) in [6, 6.07) is 0. The fourth-order valence-corrected chi connectivity index (χ4v) is 2.27. The van der Waals surface area contributed by atoms with Crippen LogP contribution in [-0.2, 0) is 9.59 Å². The zero-order chi connectivity index (χ0) is 13.0. The summed E-state index contributed by atoms with van der Waals surface area (Å²) in [5.74, 6) is -1.22. The summed E-state index contributed by atoms with van der Waals surface area (Å²) in [5.41, 5.74) is 5.61. The van der Waals surface area contributed by atoms with Crippen LogP contribution >= 0.6 is 0 Å². The molecule has 0 aromatic heterocycles. The molecular weight excluding hydrogens is 220 g/mol.